The Morgan fingerprint density at radius 1 is 0.500 bits per heavy atom. The van der Waals surface area contributed by atoms with Crippen molar-refractivity contribution in [3.63, 3.8) is 0 Å². The molecule has 0 amide bonds. The van der Waals surface area contributed by atoms with Crippen LogP contribution in [0, 0.1) is 24.2 Å². The molecule has 343 valence electrons. The molecule has 0 aliphatic rings. The van der Waals surface area contributed by atoms with Crippen LogP contribution in [-0.4, -0.2) is 21.8 Å². The maximum atomic E-state index is 13.5. The van der Waals surface area contributed by atoms with E-state index in [0.29, 0.717) is 24.2 Å². The number of unbranched alkanes of at least 4 members (excludes halogenated alkanes) is 22. The van der Waals surface area contributed by atoms with Gasteiger partial charge in [0, 0.05) is 12.8 Å². The molecule has 2 rings (SSSR count). The van der Waals surface area contributed by atoms with E-state index in [1.807, 2.05) is 56.7 Å². The SMILES string of the molecule is CC(C)CCCCCCCCCCCCCCC(=O)C(C(=O)CCCCCCCCCCCCCCC(C)C)C(C)(O)c1ccccc1.C[CH-]C.Oc1ccccc1.[O]=[Ti+]. The predicted molar refractivity (Wildman–Crippen MR) is 253 cm³/mol. The van der Waals surface area contributed by atoms with Crippen molar-refractivity contribution in [2.45, 2.75) is 234 Å². The number of carbonyl (C=O) groups excluding carboxylic acids is 2. The fourth-order valence-electron chi connectivity index (χ4n) is 7.70. The van der Waals surface area contributed by atoms with Crippen molar-refractivity contribution < 1.29 is 43.5 Å². The Kier molecular flexibility index (Phi) is 43.8. The van der Waals surface area contributed by atoms with E-state index in [1.54, 1.807) is 31.2 Å². The monoisotopic (exact) mass is 870 g/mol. The van der Waals surface area contributed by atoms with Crippen LogP contribution >= 0.6 is 0 Å². The molecule has 0 aliphatic heterocycles. The standard InChI is InChI=1S/C45H80O3.C6H6O.C3H7.O.Ti/c1-39(2)33-27-22-18-14-10-6-8-12-16-20-24-31-37-42(46)44(45(5,48)41-35-29-26-30-36-41)43(47)38-32-25-21-17-13-9-7-11-15-19-23-28-34-40(3)4;7-6-4-2-1-3-5-6;1-3-2;;/h26,29-30,35-36,39-40,44,48H,6-25,27-28,31-34,37-38H2,1-5H3;1-5,7H;3H,1-2H3;;/q;;-1;;+1. The van der Waals surface area contributed by atoms with Crippen LogP contribution in [0.1, 0.15) is 234 Å². The van der Waals surface area contributed by atoms with Gasteiger partial charge in [-0.2, -0.15) is 13.8 Å². The third-order valence-corrected chi connectivity index (χ3v) is 11.2. The predicted octanol–water partition coefficient (Wildman–Crippen LogP) is 16.4. The van der Waals surface area contributed by atoms with E-state index < -0.39 is 11.5 Å². The van der Waals surface area contributed by atoms with Crippen LogP contribution in [0.2, 0.25) is 0 Å². The second-order valence-corrected chi connectivity index (χ2v) is 18.1. The minimum atomic E-state index is -1.47. The molecule has 2 N–H and O–H groups in total. The van der Waals surface area contributed by atoms with E-state index >= 15 is 0 Å². The molecule has 0 fully saturated rings. The number of hydrogen-bond acceptors (Lipinski definition) is 5. The van der Waals surface area contributed by atoms with Gasteiger partial charge in [0.1, 0.15) is 28.8 Å². The van der Waals surface area contributed by atoms with Gasteiger partial charge in [0.05, 0.1) is 0 Å². The normalized spacial score (nSPS) is 11.9. The maximum absolute atomic E-state index is 13.5. The molecule has 0 aromatic heterocycles. The molecule has 5 nitrogen and oxygen atoms in total. The van der Waals surface area contributed by atoms with Gasteiger partial charge in [-0.25, -0.2) is 0 Å². The molecule has 2 aromatic rings. The Morgan fingerprint density at radius 3 is 1.00 bits per heavy atom. The summed E-state index contributed by atoms with van der Waals surface area (Å²) in [5.74, 6) is 0.858. The van der Waals surface area contributed by atoms with Crippen LogP contribution in [0.25, 0.3) is 0 Å². The Bertz CT molecular complexity index is 1150. The van der Waals surface area contributed by atoms with Gasteiger partial charge in [-0.3, -0.25) is 9.59 Å². The van der Waals surface area contributed by atoms with E-state index in [2.05, 4.69) is 27.7 Å². The number of phenols is 1. The molecule has 0 spiro atoms. The van der Waals surface area contributed by atoms with Crippen molar-refractivity contribution >= 4 is 11.6 Å². The van der Waals surface area contributed by atoms with Crippen LogP contribution in [0.5, 0.6) is 5.75 Å². The van der Waals surface area contributed by atoms with Gasteiger partial charge in [0.25, 0.3) is 0 Å². The zero-order valence-electron chi connectivity index (χ0n) is 40.0. The van der Waals surface area contributed by atoms with Crippen LogP contribution in [0.3, 0.4) is 0 Å². The summed E-state index contributed by atoms with van der Waals surface area (Å²) in [6.07, 6.45) is 35.6. The van der Waals surface area contributed by atoms with Gasteiger partial charge in [0.2, 0.25) is 0 Å². The van der Waals surface area contributed by atoms with Gasteiger partial charge >= 0.3 is 23.7 Å². The van der Waals surface area contributed by atoms with Gasteiger partial charge in [-0.05, 0) is 49.3 Å². The summed E-state index contributed by atoms with van der Waals surface area (Å²) in [6, 6.07) is 18.0. The van der Waals surface area contributed by atoms with Crippen LogP contribution in [0.15, 0.2) is 60.7 Å². The molecule has 0 saturated carbocycles. The van der Waals surface area contributed by atoms with E-state index in [4.69, 9.17) is 8.43 Å². The third-order valence-electron chi connectivity index (χ3n) is 11.2. The molecule has 60 heavy (non-hydrogen) atoms. The van der Waals surface area contributed by atoms with Crippen molar-refractivity contribution in [3.05, 3.63) is 72.6 Å². The fraction of sp³-hybridized carbons (Fsp3) is 0.722. The van der Waals surface area contributed by atoms with Gasteiger partial charge < -0.3 is 16.6 Å². The molecule has 1 unspecified atom stereocenters. The second kappa shape index (κ2) is 43.7. The molecule has 0 radical (unpaired) electrons. The zero-order valence-corrected chi connectivity index (χ0v) is 41.6. The summed E-state index contributed by atoms with van der Waals surface area (Å²) in [6.45, 7) is 14.9. The van der Waals surface area contributed by atoms with Crippen molar-refractivity contribution in [3.8, 4) is 5.75 Å². The van der Waals surface area contributed by atoms with Gasteiger partial charge in [-0.1, -0.05) is 230 Å². The van der Waals surface area contributed by atoms with E-state index in [0.717, 1.165) is 70.8 Å². The fourth-order valence-corrected chi connectivity index (χ4v) is 7.70. The number of benzene rings is 2. The topological polar surface area (TPSA) is 91.7 Å². The number of rotatable bonds is 34. The molecular formula is C54H93O5Ti. The summed E-state index contributed by atoms with van der Waals surface area (Å²) in [5, 5.41) is 20.2. The summed E-state index contributed by atoms with van der Waals surface area (Å²) in [5.41, 5.74) is -0.819. The van der Waals surface area contributed by atoms with Crippen molar-refractivity contribution in [1.29, 1.82) is 0 Å². The summed E-state index contributed by atoms with van der Waals surface area (Å²) < 4.78 is 8.25. The molecule has 0 saturated heterocycles. The number of Topliss-reactive ketones (excluding diaryl/α,β-unsaturated/α-hetero) is 2. The average molecular weight is 870 g/mol. The number of phenolic OH excluding ortho intramolecular Hbond substituents is 1. The molecule has 2 aromatic carbocycles. The minimum absolute atomic E-state index is 0.0813. The molecule has 0 heterocycles. The number of para-hydroxylation sites is 1. The quantitative estimate of drug-likeness (QED) is 0.0316. The number of carbonyl (C=O) groups is 2. The number of hydrogen-bond donors (Lipinski definition) is 2. The van der Waals surface area contributed by atoms with E-state index in [-0.39, 0.29) is 11.6 Å². The first-order valence-corrected chi connectivity index (χ1v) is 25.1. The average Bonchev–Trinajstić information content (AvgIpc) is 3.22. The molecule has 0 bridgehead atoms. The first kappa shape index (κ1) is 60.1. The summed E-state index contributed by atoms with van der Waals surface area (Å²) >= 11 is 0.750. The molecular weight excluding hydrogens is 776 g/mol. The van der Waals surface area contributed by atoms with E-state index in [9.17, 15) is 14.7 Å². The van der Waals surface area contributed by atoms with Gasteiger partial charge in [0.15, 0.2) is 0 Å². The van der Waals surface area contributed by atoms with Crippen LogP contribution < -0.4 is 0 Å². The molecule has 6 heteroatoms. The molecule has 0 aliphatic carbocycles. The first-order chi connectivity index (χ1) is 29.0. The van der Waals surface area contributed by atoms with Crippen LogP contribution in [0.4, 0.5) is 0 Å². The Labute approximate surface area is 383 Å². The number of aromatic hydroxyl groups is 1. The zero-order chi connectivity index (χ0) is 45.1. The Balaban J connectivity index is 0. The van der Waals surface area contributed by atoms with Crippen molar-refractivity contribution in [1.82, 2.24) is 0 Å². The van der Waals surface area contributed by atoms with Gasteiger partial charge in [-0.15, -0.1) is 0 Å². The Hall–Kier alpha value is -1.95. The number of ketones is 2. The summed E-state index contributed by atoms with van der Waals surface area (Å²) in [7, 11) is 0. The third kappa shape index (κ3) is 36.7. The second-order valence-electron chi connectivity index (χ2n) is 18.1. The Morgan fingerprint density at radius 2 is 0.750 bits per heavy atom. The van der Waals surface area contributed by atoms with Crippen LogP contribution in [-0.2, 0) is 38.9 Å². The molecule has 1 atom stereocenters. The van der Waals surface area contributed by atoms with Crippen molar-refractivity contribution in [2.24, 2.45) is 17.8 Å². The van der Waals surface area contributed by atoms with Crippen molar-refractivity contribution in [2.75, 3.05) is 0 Å². The first-order valence-electron chi connectivity index (χ1n) is 24.5. The van der Waals surface area contributed by atoms with E-state index in [1.165, 1.54) is 128 Å². The number of aliphatic hydroxyl groups is 1. The summed E-state index contributed by atoms with van der Waals surface area (Å²) in [4.78, 5) is 27.0.